The molecule has 1 heterocycles. The van der Waals surface area contributed by atoms with Crippen molar-refractivity contribution in [1.29, 1.82) is 0 Å². The number of aromatic hydroxyl groups is 1. The van der Waals surface area contributed by atoms with E-state index in [1.54, 1.807) is 12.1 Å². The normalized spacial score (nSPS) is 24.8. The summed E-state index contributed by atoms with van der Waals surface area (Å²) < 4.78 is 0. The number of aliphatic hydroxyl groups excluding tert-OH is 1. The van der Waals surface area contributed by atoms with Gasteiger partial charge in [-0.05, 0) is 30.9 Å². The SMILES string of the molecule is Oc1ccc(CNCC2CCCCC2O)nc1. The lowest BCUT2D eigenvalue weighted by atomic mass is 9.86. The van der Waals surface area contributed by atoms with Gasteiger partial charge in [0.25, 0.3) is 0 Å². The second-order valence-corrected chi connectivity index (χ2v) is 4.75. The van der Waals surface area contributed by atoms with E-state index in [1.807, 2.05) is 0 Å². The van der Waals surface area contributed by atoms with E-state index in [1.165, 1.54) is 12.6 Å². The van der Waals surface area contributed by atoms with Crippen LogP contribution in [0, 0.1) is 5.92 Å². The van der Waals surface area contributed by atoms with Crippen LogP contribution < -0.4 is 5.32 Å². The number of hydrogen-bond donors (Lipinski definition) is 3. The lowest BCUT2D eigenvalue weighted by molar-refractivity contribution is 0.0694. The highest BCUT2D eigenvalue weighted by Gasteiger charge is 2.22. The summed E-state index contributed by atoms with van der Waals surface area (Å²) in [6, 6.07) is 3.44. The van der Waals surface area contributed by atoms with E-state index in [-0.39, 0.29) is 11.9 Å². The molecule has 0 aliphatic heterocycles. The number of hydrogen-bond acceptors (Lipinski definition) is 4. The third kappa shape index (κ3) is 3.68. The van der Waals surface area contributed by atoms with Crippen molar-refractivity contribution in [2.24, 2.45) is 5.92 Å². The molecule has 94 valence electrons. The van der Waals surface area contributed by atoms with E-state index >= 15 is 0 Å². The van der Waals surface area contributed by atoms with E-state index in [0.717, 1.165) is 31.5 Å². The van der Waals surface area contributed by atoms with Gasteiger partial charge in [-0.2, -0.15) is 0 Å². The summed E-state index contributed by atoms with van der Waals surface area (Å²) >= 11 is 0. The molecule has 17 heavy (non-hydrogen) atoms. The quantitative estimate of drug-likeness (QED) is 0.740. The number of aromatic nitrogens is 1. The van der Waals surface area contributed by atoms with Gasteiger partial charge in [-0.1, -0.05) is 12.8 Å². The molecule has 1 aliphatic carbocycles. The Bertz CT molecular complexity index is 340. The minimum atomic E-state index is -0.149. The maximum Gasteiger partial charge on any atom is 0.133 e. The van der Waals surface area contributed by atoms with Crippen LogP contribution >= 0.6 is 0 Å². The average molecular weight is 236 g/mol. The molecule has 2 atom stereocenters. The van der Waals surface area contributed by atoms with Gasteiger partial charge in [-0.3, -0.25) is 4.98 Å². The lowest BCUT2D eigenvalue weighted by Gasteiger charge is -2.27. The molecule has 1 fully saturated rings. The van der Waals surface area contributed by atoms with Gasteiger partial charge in [-0.25, -0.2) is 0 Å². The zero-order valence-corrected chi connectivity index (χ0v) is 9.97. The first-order valence-corrected chi connectivity index (χ1v) is 6.28. The Kier molecular flexibility index (Phi) is 4.34. The van der Waals surface area contributed by atoms with Gasteiger partial charge < -0.3 is 15.5 Å². The molecule has 0 bridgehead atoms. The fourth-order valence-electron chi connectivity index (χ4n) is 2.33. The maximum atomic E-state index is 9.81. The minimum Gasteiger partial charge on any atom is -0.506 e. The van der Waals surface area contributed by atoms with Crippen molar-refractivity contribution in [1.82, 2.24) is 10.3 Å². The van der Waals surface area contributed by atoms with Crippen LogP contribution in [0.25, 0.3) is 0 Å². The molecule has 1 aromatic heterocycles. The van der Waals surface area contributed by atoms with Crippen molar-refractivity contribution in [2.45, 2.75) is 38.3 Å². The van der Waals surface area contributed by atoms with Crippen molar-refractivity contribution in [3.05, 3.63) is 24.0 Å². The van der Waals surface area contributed by atoms with Gasteiger partial charge in [0, 0.05) is 13.1 Å². The standard InChI is InChI=1S/C13H20N2O2/c16-12-6-5-11(15-9-12)8-14-7-10-3-1-2-4-13(10)17/h5-6,9-10,13-14,16-17H,1-4,7-8H2. The molecule has 4 nitrogen and oxygen atoms in total. The number of nitrogens with one attached hydrogen (secondary N) is 1. The molecular formula is C13H20N2O2. The number of rotatable bonds is 4. The van der Waals surface area contributed by atoms with Crippen LogP contribution in [0.5, 0.6) is 5.75 Å². The summed E-state index contributed by atoms with van der Waals surface area (Å²) in [5, 5.41) is 22.2. The first-order valence-electron chi connectivity index (χ1n) is 6.28. The summed E-state index contributed by atoms with van der Waals surface area (Å²) in [6.07, 6.45) is 5.72. The van der Waals surface area contributed by atoms with Gasteiger partial charge in [0.15, 0.2) is 0 Å². The van der Waals surface area contributed by atoms with Crippen molar-refractivity contribution in [2.75, 3.05) is 6.54 Å². The van der Waals surface area contributed by atoms with Crippen LogP contribution in [-0.4, -0.2) is 27.8 Å². The number of nitrogens with zero attached hydrogens (tertiary/aromatic N) is 1. The van der Waals surface area contributed by atoms with Gasteiger partial charge >= 0.3 is 0 Å². The smallest absolute Gasteiger partial charge is 0.133 e. The Morgan fingerprint density at radius 2 is 2.12 bits per heavy atom. The van der Waals surface area contributed by atoms with E-state index in [0.29, 0.717) is 12.5 Å². The fraction of sp³-hybridized carbons (Fsp3) is 0.615. The third-order valence-corrected chi connectivity index (χ3v) is 3.39. The zero-order valence-electron chi connectivity index (χ0n) is 9.97. The minimum absolute atomic E-state index is 0.149. The summed E-state index contributed by atoms with van der Waals surface area (Å²) in [5.74, 6) is 0.567. The third-order valence-electron chi connectivity index (χ3n) is 3.39. The van der Waals surface area contributed by atoms with Crippen LogP contribution in [0.1, 0.15) is 31.4 Å². The molecule has 0 amide bonds. The van der Waals surface area contributed by atoms with Gasteiger partial charge in [0.1, 0.15) is 5.75 Å². The number of pyridine rings is 1. The summed E-state index contributed by atoms with van der Waals surface area (Å²) in [6.45, 7) is 1.52. The van der Waals surface area contributed by atoms with Gasteiger partial charge in [0.2, 0.25) is 0 Å². The highest BCUT2D eigenvalue weighted by atomic mass is 16.3. The first kappa shape index (κ1) is 12.3. The number of aliphatic hydroxyl groups is 1. The summed E-state index contributed by atoms with van der Waals surface area (Å²) in [4.78, 5) is 4.10. The summed E-state index contributed by atoms with van der Waals surface area (Å²) in [7, 11) is 0. The monoisotopic (exact) mass is 236 g/mol. The van der Waals surface area contributed by atoms with Crippen molar-refractivity contribution >= 4 is 0 Å². The Balaban J connectivity index is 1.73. The van der Waals surface area contributed by atoms with Gasteiger partial charge in [-0.15, -0.1) is 0 Å². The largest absolute Gasteiger partial charge is 0.506 e. The second kappa shape index (κ2) is 5.98. The molecule has 1 aliphatic rings. The molecule has 2 unspecified atom stereocenters. The van der Waals surface area contributed by atoms with Crippen LogP contribution in [0.3, 0.4) is 0 Å². The molecule has 3 N–H and O–H groups in total. The van der Waals surface area contributed by atoms with E-state index in [9.17, 15) is 5.11 Å². The van der Waals surface area contributed by atoms with Crippen LogP contribution in [0.2, 0.25) is 0 Å². The molecule has 1 aromatic rings. The first-order chi connectivity index (χ1) is 8.25. The fourth-order valence-corrected chi connectivity index (χ4v) is 2.33. The Hall–Kier alpha value is -1.13. The van der Waals surface area contributed by atoms with Crippen molar-refractivity contribution in [3.63, 3.8) is 0 Å². The predicted octanol–water partition coefficient (Wildman–Crippen LogP) is 1.43. The topological polar surface area (TPSA) is 65.4 Å². The molecule has 2 rings (SSSR count). The maximum absolute atomic E-state index is 9.81. The predicted molar refractivity (Wildman–Crippen MR) is 65.6 cm³/mol. The van der Waals surface area contributed by atoms with E-state index in [4.69, 9.17) is 5.11 Å². The molecule has 0 saturated heterocycles. The second-order valence-electron chi connectivity index (χ2n) is 4.75. The van der Waals surface area contributed by atoms with Crippen LogP contribution in [-0.2, 0) is 6.54 Å². The molecular weight excluding hydrogens is 216 g/mol. The van der Waals surface area contributed by atoms with Crippen LogP contribution in [0.15, 0.2) is 18.3 Å². The van der Waals surface area contributed by atoms with Crippen molar-refractivity contribution in [3.8, 4) is 5.75 Å². The summed E-state index contributed by atoms with van der Waals surface area (Å²) in [5.41, 5.74) is 0.910. The van der Waals surface area contributed by atoms with Gasteiger partial charge in [0.05, 0.1) is 18.0 Å². The highest BCUT2D eigenvalue weighted by Crippen LogP contribution is 2.23. The lowest BCUT2D eigenvalue weighted by Crippen LogP contribution is -2.33. The average Bonchev–Trinajstić information content (AvgIpc) is 2.34. The van der Waals surface area contributed by atoms with E-state index in [2.05, 4.69) is 10.3 Å². The van der Waals surface area contributed by atoms with Crippen LogP contribution in [0.4, 0.5) is 0 Å². The Morgan fingerprint density at radius 3 is 2.82 bits per heavy atom. The molecule has 0 aromatic carbocycles. The Labute approximate surface area is 102 Å². The highest BCUT2D eigenvalue weighted by molar-refractivity contribution is 5.17. The van der Waals surface area contributed by atoms with Crippen molar-refractivity contribution < 1.29 is 10.2 Å². The molecule has 0 spiro atoms. The zero-order chi connectivity index (χ0) is 12.1. The molecule has 0 radical (unpaired) electrons. The molecule has 1 saturated carbocycles. The Morgan fingerprint density at radius 1 is 1.29 bits per heavy atom. The van der Waals surface area contributed by atoms with E-state index < -0.39 is 0 Å². The molecule has 4 heteroatoms.